The molecule has 18 heavy (non-hydrogen) atoms. The number of hydrogen-bond acceptors (Lipinski definition) is 6. The van der Waals surface area contributed by atoms with Crippen LogP contribution < -0.4 is 4.74 Å². The van der Waals surface area contributed by atoms with Gasteiger partial charge in [-0.25, -0.2) is 0 Å². The van der Waals surface area contributed by atoms with Gasteiger partial charge in [-0.05, 0) is 6.92 Å². The van der Waals surface area contributed by atoms with E-state index in [1.807, 2.05) is 0 Å². The Bertz CT molecular complexity index is 720. The summed E-state index contributed by atoms with van der Waals surface area (Å²) in [4.78, 5) is 0. The van der Waals surface area contributed by atoms with E-state index in [9.17, 15) is 0 Å². The third-order valence-electron chi connectivity index (χ3n) is 2.38. The Balaban J connectivity index is 2.28. The summed E-state index contributed by atoms with van der Waals surface area (Å²) in [5.41, 5.74) is 1.01. The monoisotopic (exact) mass is 265 g/mol. The molecule has 3 aromatic rings. The van der Waals surface area contributed by atoms with Crippen LogP contribution in [0, 0.1) is 6.92 Å². The summed E-state index contributed by atoms with van der Waals surface area (Å²) in [5, 5.41) is 16.3. The van der Waals surface area contributed by atoms with Crippen molar-refractivity contribution >= 4 is 17.2 Å². The minimum absolute atomic E-state index is 0.278. The number of rotatable bonds is 2. The molecule has 0 fully saturated rings. The normalized spacial score (nSPS) is 11.1. The second-order valence-electron chi connectivity index (χ2n) is 3.62. The lowest BCUT2D eigenvalue weighted by atomic mass is 10.3. The second kappa shape index (κ2) is 3.95. The first kappa shape index (κ1) is 11.0. The minimum atomic E-state index is 0.278. The van der Waals surface area contributed by atoms with Gasteiger partial charge in [0.25, 0.3) is 0 Å². The van der Waals surface area contributed by atoms with E-state index >= 15 is 0 Å². The van der Waals surface area contributed by atoms with E-state index in [-0.39, 0.29) is 5.15 Å². The first-order valence-corrected chi connectivity index (χ1v) is 5.46. The largest absolute Gasteiger partial charge is 0.493 e. The molecule has 0 aliphatic rings. The lowest BCUT2D eigenvalue weighted by molar-refractivity contribution is 0.399. The SMILES string of the molecule is COc1cc(Cl)nn2c(-c3cc(C)on3)nnc12. The molecule has 0 amide bonds. The average molecular weight is 266 g/mol. The van der Waals surface area contributed by atoms with Gasteiger partial charge in [-0.3, -0.25) is 0 Å². The fourth-order valence-electron chi connectivity index (χ4n) is 1.61. The molecule has 0 aliphatic carbocycles. The highest BCUT2D eigenvalue weighted by atomic mass is 35.5. The van der Waals surface area contributed by atoms with Crippen LogP contribution in [0.1, 0.15) is 5.76 Å². The van der Waals surface area contributed by atoms with E-state index in [4.69, 9.17) is 20.9 Å². The molecule has 0 atom stereocenters. The number of ether oxygens (including phenoxy) is 1. The van der Waals surface area contributed by atoms with Crippen molar-refractivity contribution in [3.05, 3.63) is 23.0 Å². The van der Waals surface area contributed by atoms with Crippen molar-refractivity contribution in [2.24, 2.45) is 0 Å². The van der Waals surface area contributed by atoms with E-state index in [0.29, 0.717) is 28.7 Å². The number of aryl methyl sites for hydroxylation is 1. The lowest BCUT2D eigenvalue weighted by Crippen LogP contribution is -1.98. The van der Waals surface area contributed by atoms with Crippen molar-refractivity contribution < 1.29 is 9.26 Å². The third-order valence-corrected chi connectivity index (χ3v) is 2.57. The summed E-state index contributed by atoms with van der Waals surface area (Å²) in [7, 11) is 1.53. The number of hydrogen-bond donors (Lipinski definition) is 0. The van der Waals surface area contributed by atoms with E-state index in [1.165, 1.54) is 11.6 Å². The smallest absolute Gasteiger partial charge is 0.220 e. The van der Waals surface area contributed by atoms with Gasteiger partial charge in [-0.15, -0.1) is 10.2 Å². The van der Waals surface area contributed by atoms with E-state index in [0.717, 1.165) is 0 Å². The summed E-state index contributed by atoms with van der Waals surface area (Å²) in [6, 6.07) is 3.31. The summed E-state index contributed by atoms with van der Waals surface area (Å²) < 4.78 is 11.6. The number of methoxy groups -OCH3 is 1. The number of halogens is 1. The van der Waals surface area contributed by atoms with E-state index in [1.54, 1.807) is 19.1 Å². The van der Waals surface area contributed by atoms with Crippen LogP contribution in [-0.4, -0.2) is 32.1 Å². The zero-order chi connectivity index (χ0) is 12.7. The quantitative estimate of drug-likeness (QED) is 0.702. The van der Waals surface area contributed by atoms with Crippen LogP contribution in [0.5, 0.6) is 5.75 Å². The predicted molar refractivity (Wildman–Crippen MR) is 62.6 cm³/mol. The zero-order valence-corrected chi connectivity index (χ0v) is 10.3. The number of fused-ring (bicyclic) bond motifs is 1. The van der Waals surface area contributed by atoms with Crippen molar-refractivity contribution in [2.45, 2.75) is 6.92 Å². The maximum atomic E-state index is 5.91. The van der Waals surface area contributed by atoms with Gasteiger partial charge in [-0.1, -0.05) is 16.8 Å². The van der Waals surface area contributed by atoms with Crippen molar-refractivity contribution in [1.29, 1.82) is 0 Å². The second-order valence-corrected chi connectivity index (χ2v) is 4.00. The highest BCUT2D eigenvalue weighted by Crippen LogP contribution is 2.24. The Kier molecular flexibility index (Phi) is 2.41. The third kappa shape index (κ3) is 1.60. The minimum Gasteiger partial charge on any atom is -0.493 e. The Labute approximate surface area is 106 Å². The molecule has 92 valence electrons. The molecule has 8 heteroatoms. The Morgan fingerprint density at radius 2 is 2.17 bits per heavy atom. The Morgan fingerprint density at radius 1 is 1.33 bits per heavy atom. The molecule has 7 nitrogen and oxygen atoms in total. The topological polar surface area (TPSA) is 78.3 Å². The van der Waals surface area contributed by atoms with Gasteiger partial charge in [0.1, 0.15) is 5.76 Å². The van der Waals surface area contributed by atoms with Gasteiger partial charge in [0, 0.05) is 12.1 Å². The molecule has 0 N–H and O–H groups in total. The average Bonchev–Trinajstić information content (AvgIpc) is 2.93. The molecule has 3 heterocycles. The summed E-state index contributed by atoms with van der Waals surface area (Å²) >= 11 is 5.91. The van der Waals surface area contributed by atoms with Gasteiger partial charge < -0.3 is 9.26 Å². The Morgan fingerprint density at radius 3 is 2.83 bits per heavy atom. The fourth-order valence-corrected chi connectivity index (χ4v) is 1.78. The number of nitrogens with zero attached hydrogens (tertiary/aromatic N) is 5. The van der Waals surface area contributed by atoms with Crippen LogP contribution in [0.15, 0.2) is 16.7 Å². The summed E-state index contributed by atoms with van der Waals surface area (Å²) in [6.07, 6.45) is 0. The molecule has 0 aliphatic heterocycles. The van der Waals surface area contributed by atoms with Gasteiger partial charge in [0.05, 0.1) is 7.11 Å². The van der Waals surface area contributed by atoms with Crippen molar-refractivity contribution in [3.8, 4) is 17.3 Å². The molecule has 0 spiro atoms. The molecule has 0 radical (unpaired) electrons. The fraction of sp³-hybridized carbons (Fsp3) is 0.200. The maximum absolute atomic E-state index is 5.91. The van der Waals surface area contributed by atoms with Crippen molar-refractivity contribution in [1.82, 2.24) is 25.0 Å². The van der Waals surface area contributed by atoms with Gasteiger partial charge in [0.15, 0.2) is 16.6 Å². The molecule has 0 bridgehead atoms. The molecule has 3 aromatic heterocycles. The van der Waals surface area contributed by atoms with Crippen LogP contribution >= 0.6 is 11.6 Å². The van der Waals surface area contributed by atoms with Crippen LogP contribution in [-0.2, 0) is 0 Å². The van der Waals surface area contributed by atoms with Crippen LogP contribution in [0.2, 0.25) is 5.15 Å². The molecule has 0 saturated heterocycles. The molecule has 0 aromatic carbocycles. The van der Waals surface area contributed by atoms with E-state index < -0.39 is 0 Å². The first-order valence-electron chi connectivity index (χ1n) is 5.08. The van der Waals surface area contributed by atoms with Crippen LogP contribution in [0.4, 0.5) is 0 Å². The first-order chi connectivity index (χ1) is 8.69. The van der Waals surface area contributed by atoms with Crippen molar-refractivity contribution in [3.63, 3.8) is 0 Å². The molecular weight excluding hydrogens is 258 g/mol. The van der Waals surface area contributed by atoms with Gasteiger partial charge in [0.2, 0.25) is 11.5 Å². The van der Waals surface area contributed by atoms with E-state index in [2.05, 4.69) is 20.5 Å². The Hall–Kier alpha value is -2.15. The van der Waals surface area contributed by atoms with Crippen LogP contribution in [0.3, 0.4) is 0 Å². The molecule has 3 rings (SSSR count). The predicted octanol–water partition coefficient (Wildman–Crippen LogP) is 1.75. The molecule has 0 unspecified atom stereocenters. The molecule has 0 saturated carbocycles. The number of aromatic nitrogens is 5. The highest BCUT2D eigenvalue weighted by Gasteiger charge is 2.16. The standard InChI is InChI=1S/C10H8ClN5O2/c1-5-3-6(15-18-5)9-12-13-10-7(17-2)4-8(11)14-16(9)10/h3-4H,1-2H3. The van der Waals surface area contributed by atoms with Gasteiger partial charge in [-0.2, -0.15) is 9.61 Å². The van der Waals surface area contributed by atoms with Gasteiger partial charge >= 0.3 is 0 Å². The highest BCUT2D eigenvalue weighted by molar-refractivity contribution is 6.29. The van der Waals surface area contributed by atoms with Crippen molar-refractivity contribution in [2.75, 3.05) is 7.11 Å². The lowest BCUT2D eigenvalue weighted by Gasteiger charge is -2.01. The zero-order valence-electron chi connectivity index (χ0n) is 9.59. The summed E-state index contributed by atoms with van der Waals surface area (Å²) in [5.74, 6) is 1.62. The van der Waals surface area contributed by atoms with Crippen LogP contribution in [0.25, 0.3) is 17.2 Å². The summed E-state index contributed by atoms with van der Waals surface area (Å²) in [6.45, 7) is 1.79. The maximum Gasteiger partial charge on any atom is 0.220 e. The molecular formula is C10H8ClN5O2.